The van der Waals surface area contributed by atoms with Crippen LogP contribution in [0.1, 0.15) is 38.6 Å². The molecule has 0 fully saturated rings. The van der Waals surface area contributed by atoms with E-state index in [0.29, 0.717) is 6.54 Å². The predicted octanol–water partition coefficient (Wildman–Crippen LogP) is 3.46. The average molecular weight is 262 g/mol. The second-order valence-corrected chi connectivity index (χ2v) is 6.50. The molecular formula is C12H20ClNOS. The quantitative estimate of drug-likeness (QED) is 0.851. The number of aliphatic hydroxyl groups is 1. The van der Waals surface area contributed by atoms with E-state index in [9.17, 15) is 5.11 Å². The van der Waals surface area contributed by atoms with Crippen LogP contribution in [-0.4, -0.2) is 17.3 Å². The fourth-order valence-electron chi connectivity index (χ4n) is 1.23. The second kappa shape index (κ2) is 5.50. The molecule has 2 N–H and O–H groups in total. The Bertz CT molecular complexity index is 336. The van der Waals surface area contributed by atoms with Gasteiger partial charge in [0.25, 0.3) is 0 Å². The molecule has 0 radical (unpaired) electrons. The largest absolute Gasteiger partial charge is 0.389 e. The molecule has 1 aromatic rings. The number of nitrogens with one attached hydrogen (secondary N) is 1. The van der Waals surface area contributed by atoms with Crippen molar-refractivity contribution in [2.24, 2.45) is 5.92 Å². The van der Waals surface area contributed by atoms with Gasteiger partial charge in [-0.1, -0.05) is 25.4 Å². The molecule has 4 heteroatoms. The van der Waals surface area contributed by atoms with Crippen LogP contribution in [0.4, 0.5) is 0 Å². The van der Waals surface area contributed by atoms with E-state index in [4.69, 9.17) is 11.6 Å². The summed E-state index contributed by atoms with van der Waals surface area (Å²) in [6.07, 6.45) is 0. The van der Waals surface area contributed by atoms with Crippen molar-refractivity contribution in [3.63, 3.8) is 0 Å². The standard InChI is InChI=1S/C12H20ClNOS/c1-8(2)12(4,15)7-14-9(3)10-5-6-11(13)16-10/h5-6,8-9,14-15H,7H2,1-4H3. The van der Waals surface area contributed by atoms with Gasteiger partial charge in [0.05, 0.1) is 9.94 Å². The van der Waals surface area contributed by atoms with Crippen LogP contribution < -0.4 is 5.32 Å². The molecule has 2 nitrogen and oxygen atoms in total. The highest BCUT2D eigenvalue weighted by molar-refractivity contribution is 7.16. The van der Waals surface area contributed by atoms with Gasteiger partial charge in [-0.15, -0.1) is 11.3 Å². The Kier molecular flexibility index (Phi) is 4.80. The summed E-state index contributed by atoms with van der Waals surface area (Å²) in [5.74, 6) is 0.235. The zero-order chi connectivity index (χ0) is 12.3. The third-order valence-electron chi connectivity index (χ3n) is 3.03. The summed E-state index contributed by atoms with van der Waals surface area (Å²) in [7, 11) is 0. The van der Waals surface area contributed by atoms with E-state index in [1.807, 2.05) is 32.9 Å². The summed E-state index contributed by atoms with van der Waals surface area (Å²) < 4.78 is 0.805. The van der Waals surface area contributed by atoms with Crippen LogP contribution >= 0.6 is 22.9 Å². The Hall–Kier alpha value is -0.0900. The minimum atomic E-state index is -0.671. The molecule has 92 valence electrons. The topological polar surface area (TPSA) is 32.3 Å². The third kappa shape index (κ3) is 3.74. The summed E-state index contributed by atoms with van der Waals surface area (Å²) >= 11 is 7.46. The molecule has 2 atom stereocenters. The first-order valence-electron chi connectivity index (χ1n) is 5.54. The number of hydrogen-bond donors (Lipinski definition) is 2. The molecule has 2 unspecified atom stereocenters. The molecule has 0 aliphatic carbocycles. The molecule has 0 aliphatic heterocycles. The zero-order valence-corrected chi connectivity index (χ0v) is 11.8. The smallest absolute Gasteiger partial charge is 0.0931 e. The summed E-state index contributed by atoms with van der Waals surface area (Å²) in [5, 5.41) is 13.4. The van der Waals surface area contributed by atoms with Gasteiger partial charge in [-0.05, 0) is 31.9 Å². The predicted molar refractivity (Wildman–Crippen MR) is 71.2 cm³/mol. The number of halogens is 1. The fourth-order valence-corrected chi connectivity index (χ4v) is 2.31. The highest BCUT2D eigenvalue weighted by atomic mass is 35.5. The maximum Gasteiger partial charge on any atom is 0.0931 e. The molecule has 1 aromatic heterocycles. The summed E-state index contributed by atoms with van der Waals surface area (Å²) in [6, 6.07) is 4.15. The van der Waals surface area contributed by atoms with Crippen molar-refractivity contribution in [2.45, 2.75) is 39.3 Å². The zero-order valence-electron chi connectivity index (χ0n) is 10.2. The van der Waals surface area contributed by atoms with E-state index in [1.165, 1.54) is 4.88 Å². The maximum atomic E-state index is 10.1. The molecule has 0 amide bonds. The second-order valence-electron chi connectivity index (χ2n) is 4.76. The van der Waals surface area contributed by atoms with Gasteiger partial charge in [-0.2, -0.15) is 0 Å². The summed E-state index contributed by atoms with van der Waals surface area (Å²) in [4.78, 5) is 1.20. The van der Waals surface area contributed by atoms with Gasteiger partial charge in [0.2, 0.25) is 0 Å². The highest BCUT2D eigenvalue weighted by Gasteiger charge is 2.25. The van der Waals surface area contributed by atoms with Crippen molar-refractivity contribution in [2.75, 3.05) is 6.54 Å². The van der Waals surface area contributed by atoms with E-state index < -0.39 is 5.60 Å². The summed E-state index contributed by atoms with van der Waals surface area (Å²) in [5.41, 5.74) is -0.671. The van der Waals surface area contributed by atoms with E-state index in [-0.39, 0.29) is 12.0 Å². The average Bonchev–Trinajstić information content (AvgIpc) is 2.61. The number of rotatable bonds is 5. The first-order chi connectivity index (χ1) is 7.33. The molecule has 16 heavy (non-hydrogen) atoms. The SMILES string of the molecule is CC(NCC(C)(O)C(C)C)c1ccc(Cl)s1. The van der Waals surface area contributed by atoms with E-state index in [2.05, 4.69) is 12.2 Å². The van der Waals surface area contributed by atoms with Crippen molar-refractivity contribution in [3.05, 3.63) is 21.3 Å². The van der Waals surface area contributed by atoms with Gasteiger partial charge >= 0.3 is 0 Å². The Balaban J connectivity index is 2.50. The molecule has 0 spiro atoms. The van der Waals surface area contributed by atoms with E-state index in [1.54, 1.807) is 11.3 Å². The molecule has 1 heterocycles. The molecule has 0 bridgehead atoms. The van der Waals surface area contributed by atoms with Crippen molar-refractivity contribution in [1.82, 2.24) is 5.32 Å². The third-order valence-corrected chi connectivity index (χ3v) is 4.44. The summed E-state index contributed by atoms with van der Waals surface area (Å²) in [6.45, 7) is 8.57. The van der Waals surface area contributed by atoms with Crippen molar-refractivity contribution in [1.29, 1.82) is 0 Å². The van der Waals surface area contributed by atoms with Gasteiger partial charge in [-0.3, -0.25) is 0 Å². The van der Waals surface area contributed by atoms with Crippen LogP contribution in [0.5, 0.6) is 0 Å². The lowest BCUT2D eigenvalue weighted by atomic mass is 9.92. The first kappa shape index (κ1) is 14.0. The lowest BCUT2D eigenvalue weighted by Gasteiger charge is -2.29. The Labute approximate surface area is 107 Å². The Morgan fingerprint density at radius 2 is 2.06 bits per heavy atom. The normalized spacial score (nSPS) is 17.4. The molecule has 0 saturated heterocycles. The van der Waals surface area contributed by atoms with Crippen molar-refractivity contribution >= 4 is 22.9 Å². The first-order valence-corrected chi connectivity index (χ1v) is 6.73. The van der Waals surface area contributed by atoms with Gasteiger partial charge < -0.3 is 10.4 Å². The minimum Gasteiger partial charge on any atom is -0.389 e. The monoisotopic (exact) mass is 261 g/mol. The Morgan fingerprint density at radius 1 is 1.44 bits per heavy atom. The molecule has 1 rings (SSSR count). The maximum absolute atomic E-state index is 10.1. The van der Waals surface area contributed by atoms with E-state index in [0.717, 1.165) is 4.34 Å². The molecule has 0 aliphatic rings. The minimum absolute atomic E-state index is 0.225. The van der Waals surface area contributed by atoms with E-state index >= 15 is 0 Å². The molecule has 0 saturated carbocycles. The van der Waals surface area contributed by atoms with Crippen LogP contribution in [-0.2, 0) is 0 Å². The number of thiophene rings is 1. The molecular weight excluding hydrogens is 242 g/mol. The van der Waals surface area contributed by atoms with Crippen molar-refractivity contribution in [3.8, 4) is 0 Å². The van der Waals surface area contributed by atoms with Crippen LogP contribution in [0.25, 0.3) is 0 Å². The lowest BCUT2D eigenvalue weighted by Crippen LogP contribution is -2.42. The fraction of sp³-hybridized carbons (Fsp3) is 0.667. The highest BCUT2D eigenvalue weighted by Crippen LogP contribution is 2.27. The van der Waals surface area contributed by atoms with Crippen LogP contribution in [0.15, 0.2) is 12.1 Å². The van der Waals surface area contributed by atoms with Crippen LogP contribution in [0.2, 0.25) is 4.34 Å². The van der Waals surface area contributed by atoms with Crippen LogP contribution in [0, 0.1) is 5.92 Å². The lowest BCUT2D eigenvalue weighted by molar-refractivity contribution is 0.0123. The van der Waals surface area contributed by atoms with Crippen LogP contribution in [0.3, 0.4) is 0 Å². The van der Waals surface area contributed by atoms with Gasteiger partial charge in [0, 0.05) is 17.5 Å². The number of hydrogen-bond acceptors (Lipinski definition) is 3. The Morgan fingerprint density at radius 3 is 2.50 bits per heavy atom. The van der Waals surface area contributed by atoms with Gasteiger partial charge in [-0.25, -0.2) is 0 Å². The van der Waals surface area contributed by atoms with Crippen molar-refractivity contribution < 1.29 is 5.11 Å². The molecule has 0 aromatic carbocycles. The van der Waals surface area contributed by atoms with Gasteiger partial charge in [0.1, 0.15) is 0 Å². The van der Waals surface area contributed by atoms with Gasteiger partial charge in [0.15, 0.2) is 0 Å².